The highest BCUT2D eigenvalue weighted by Crippen LogP contribution is 2.43. The number of likely N-dealkylation sites (N-methyl/N-ethyl adjacent to an activating group) is 1. The fourth-order valence-corrected chi connectivity index (χ4v) is 4.68. The first-order chi connectivity index (χ1) is 14.1. The molecule has 4 rings (SSSR count). The molecule has 0 radical (unpaired) electrons. The maximum absolute atomic E-state index is 12.9. The lowest BCUT2D eigenvalue weighted by atomic mass is 9.67. The Morgan fingerprint density at radius 3 is 2.69 bits per heavy atom. The quantitative estimate of drug-likeness (QED) is 0.499. The molecule has 0 bridgehead atoms. The van der Waals surface area contributed by atoms with Gasteiger partial charge in [-0.2, -0.15) is 0 Å². The first-order valence-corrected chi connectivity index (χ1v) is 10.4. The minimum absolute atomic E-state index is 0.311. The largest absolute Gasteiger partial charge is 0.457 e. The van der Waals surface area contributed by atoms with Gasteiger partial charge in [-0.25, -0.2) is 4.79 Å². The molecule has 0 saturated heterocycles. The second kappa shape index (κ2) is 8.29. The molecule has 3 aromatic rings. The van der Waals surface area contributed by atoms with Crippen molar-refractivity contribution in [3.8, 4) is 0 Å². The number of rotatable bonds is 4. The number of hydrogen-bond acceptors (Lipinski definition) is 4. The van der Waals surface area contributed by atoms with Crippen LogP contribution in [-0.2, 0) is 10.2 Å². The number of thiocarbonyl (C=S) groups is 1. The van der Waals surface area contributed by atoms with E-state index >= 15 is 0 Å². The Labute approximate surface area is 176 Å². The van der Waals surface area contributed by atoms with E-state index in [-0.39, 0.29) is 12.1 Å². The molecule has 0 unspecified atom stereocenters. The molecule has 0 aliphatic heterocycles. The van der Waals surface area contributed by atoms with Crippen LogP contribution < -0.4 is 5.32 Å². The molecule has 29 heavy (non-hydrogen) atoms. The Hall–Kier alpha value is -2.79. The van der Waals surface area contributed by atoms with E-state index in [1.54, 1.807) is 12.1 Å². The lowest BCUT2D eigenvalue weighted by Crippen LogP contribution is -2.53. The smallest absolute Gasteiger partial charge is 0.338 e. The predicted molar refractivity (Wildman–Crippen MR) is 119 cm³/mol. The van der Waals surface area contributed by atoms with Gasteiger partial charge in [0.25, 0.3) is 0 Å². The Morgan fingerprint density at radius 1 is 1.14 bits per heavy atom. The molecule has 0 amide bonds. The molecule has 2 atom stereocenters. The Bertz CT molecular complexity index is 1040. The van der Waals surface area contributed by atoms with Gasteiger partial charge >= 0.3 is 5.97 Å². The van der Waals surface area contributed by atoms with Crippen LogP contribution in [0, 0.1) is 0 Å². The number of carbonyl (C=O) groups is 1. The number of carbonyl (C=O) groups excluding carboxylic acids is 1. The topological polar surface area (TPSA) is 51.2 Å². The van der Waals surface area contributed by atoms with Crippen LogP contribution in [0.3, 0.4) is 0 Å². The average Bonchev–Trinajstić information content (AvgIpc) is 2.79. The fourth-order valence-electron chi connectivity index (χ4n) is 4.33. The van der Waals surface area contributed by atoms with Crippen LogP contribution in [0.5, 0.6) is 0 Å². The van der Waals surface area contributed by atoms with Crippen LogP contribution >= 0.6 is 12.2 Å². The number of esters is 1. The number of ether oxygens (including phenoxy) is 1. The van der Waals surface area contributed by atoms with Crippen LogP contribution in [0.2, 0.25) is 0 Å². The van der Waals surface area contributed by atoms with Gasteiger partial charge in [-0.15, -0.1) is 0 Å². The number of pyridine rings is 1. The summed E-state index contributed by atoms with van der Waals surface area (Å²) in [5, 5.41) is 4.23. The Kier molecular flexibility index (Phi) is 5.58. The van der Waals surface area contributed by atoms with Gasteiger partial charge in [0.05, 0.1) is 21.5 Å². The molecule has 1 heterocycles. The monoisotopic (exact) mass is 404 g/mol. The van der Waals surface area contributed by atoms with Crippen molar-refractivity contribution < 1.29 is 9.53 Å². The van der Waals surface area contributed by atoms with E-state index in [4.69, 9.17) is 17.0 Å². The van der Waals surface area contributed by atoms with E-state index in [1.807, 2.05) is 49.6 Å². The molecule has 0 spiro atoms. The number of nitrogens with one attached hydrogen (secondary N) is 1. The van der Waals surface area contributed by atoms with Crippen molar-refractivity contribution >= 4 is 34.1 Å². The van der Waals surface area contributed by atoms with E-state index in [0.717, 1.165) is 42.1 Å². The molecular formula is C24H24N2O2S. The van der Waals surface area contributed by atoms with Gasteiger partial charge in [0.2, 0.25) is 0 Å². The molecule has 1 aromatic heterocycles. The van der Waals surface area contributed by atoms with Crippen molar-refractivity contribution in [1.82, 2.24) is 10.3 Å². The molecule has 1 aliphatic carbocycles. The molecule has 1 saturated carbocycles. The average molecular weight is 405 g/mol. The number of benzene rings is 2. The lowest BCUT2D eigenvalue weighted by molar-refractivity contribution is 0.00433. The highest BCUT2D eigenvalue weighted by atomic mass is 32.1. The second-order valence-corrected chi connectivity index (χ2v) is 7.88. The molecular weight excluding hydrogens is 380 g/mol. The van der Waals surface area contributed by atoms with E-state index in [1.165, 1.54) is 0 Å². The summed E-state index contributed by atoms with van der Waals surface area (Å²) in [4.78, 5) is 18.2. The number of para-hydroxylation sites is 1. The van der Waals surface area contributed by atoms with Gasteiger partial charge in [-0.05, 0) is 49.1 Å². The zero-order valence-corrected chi connectivity index (χ0v) is 17.2. The van der Waals surface area contributed by atoms with Gasteiger partial charge in [0, 0.05) is 18.6 Å². The van der Waals surface area contributed by atoms with Gasteiger partial charge in [-0.3, -0.25) is 4.98 Å². The first-order valence-electron chi connectivity index (χ1n) is 9.98. The standard InChI is InChI=1S/C24H24N2O2S/c1-25-23(29)24(19-15-18-11-5-6-12-20(18)26-16-19)14-8-7-13-21(24)28-22(27)17-9-3-2-4-10-17/h2-6,9-12,15-16,21H,7-8,13-14H2,1H3,(H,25,29)/t21-,24-/m0/s1. The third kappa shape index (κ3) is 3.62. The fraction of sp³-hybridized carbons (Fsp3) is 0.292. The van der Waals surface area contributed by atoms with E-state index in [2.05, 4.69) is 22.4 Å². The zero-order chi connectivity index (χ0) is 20.3. The maximum Gasteiger partial charge on any atom is 0.338 e. The minimum atomic E-state index is -0.580. The number of aromatic nitrogens is 1. The van der Waals surface area contributed by atoms with Crippen LogP contribution in [0.1, 0.15) is 41.6 Å². The number of nitrogens with zero attached hydrogens (tertiary/aromatic N) is 1. The maximum atomic E-state index is 12.9. The molecule has 1 aliphatic rings. The van der Waals surface area contributed by atoms with Crippen molar-refractivity contribution in [3.63, 3.8) is 0 Å². The SMILES string of the molecule is CNC(=S)[C@]1(c2cnc3ccccc3c2)CCCC[C@@H]1OC(=O)c1ccccc1. The summed E-state index contributed by atoms with van der Waals surface area (Å²) in [5.41, 5.74) is 1.92. The Morgan fingerprint density at radius 2 is 1.90 bits per heavy atom. The van der Waals surface area contributed by atoms with Gasteiger partial charge in [-0.1, -0.05) is 55.0 Å². The summed E-state index contributed by atoms with van der Waals surface area (Å²) < 4.78 is 6.09. The van der Waals surface area contributed by atoms with Crippen LogP contribution in [0.4, 0.5) is 0 Å². The van der Waals surface area contributed by atoms with Gasteiger partial charge in [0.15, 0.2) is 0 Å². The third-order valence-electron chi connectivity index (χ3n) is 5.83. The highest BCUT2D eigenvalue weighted by Gasteiger charge is 2.48. The lowest BCUT2D eigenvalue weighted by Gasteiger charge is -2.44. The van der Waals surface area contributed by atoms with Crippen molar-refractivity contribution in [2.24, 2.45) is 0 Å². The highest BCUT2D eigenvalue weighted by molar-refractivity contribution is 7.80. The van der Waals surface area contributed by atoms with E-state index < -0.39 is 5.41 Å². The third-order valence-corrected chi connectivity index (χ3v) is 6.40. The number of hydrogen-bond donors (Lipinski definition) is 1. The molecule has 1 fully saturated rings. The number of fused-ring (bicyclic) bond motifs is 1. The molecule has 148 valence electrons. The van der Waals surface area contributed by atoms with Crippen LogP contribution in [0.15, 0.2) is 66.9 Å². The molecule has 5 heteroatoms. The van der Waals surface area contributed by atoms with Gasteiger partial charge < -0.3 is 10.1 Å². The van der Waals surface area contributed by atoms with Crippen LogP contribution in [0.25, 0.3) is 10.9 Å². The van der Waals surface area contributed by atoms with Crippen LogP contribution in [-0.4, -0.2) is 29.1 Å². The van der Waals surface area contributed by atoms with Crippen molar-refractivity contribution in [1.29, 1.82) is 0 Å². The molecule has 2 aromatic carbocycles. The summed E-state index contributed by atoms with van der Waals surface area (Å²) >= 11 is 5.81. The van der Waals surface area contributed by atoms with Crippen molar-refractivity contribution in [3.05, 3.63) is 78.0 Å². The second-order valence-electron chi connectivity index (χ2n) is 7.47. The molecule has 1 N–H and O–H groups in total. The normalized spacial score (nSPS) is 21.5. The van der Waals surface area contributed by atoms with Gasteiger partial charge in [0.1, 0.15) is 6.10 Å². The van der Waals surface area contributed by atoms with E-state index in [0.29, 0.717) is 10.6 Å². The summed E-state index contributed by atoms with van der Waals surface area (Å²) in [6.07, 6.45) is 5.16. The predicted octanol–water partition coefficient (Wildman–Crippen LogP) is 4.82. The summed E-state index contributed by atoms with van der Waals surface area (Å²) in [5.74, 6) is -0.311. The zero-order valence-electron chi connectivity index (χ0n) is 16.4. The first kappa shape index (κ1) is 19.5. The summed E-state index contributed by atoms with van der Waals surface area (Å²) in [7, 11) is 1.84. The minimum Gasteiger partial charge on any atom is -0.457 e. The summed E-state index contributed by atoms with van der Waals surface area (Å²) in [6.45, 7) is 0. The van der Waals surface area contributed by atoms with Crippen molar-refractivity contribution in [2.45, 2.75) is 37.2 Å². The molecule has 4 nitrogen and oxygen atoms in total. The van der Waals surface area contributed by atoms with Crippen molar-refractivity contribution in [2.75, 3.05) is 7.05 Å². The Balaban J connectivity index is 1.77. The van der Waals surface area contributed by atoms with E-state index in [9.17, 15) is 4.79 Å². The summed E-state index contributed by atoms with van der Waals surface area (Å²) in [6, 6.07) is 19.3.